The number of carbonyl (C=O) groups is 1. The number of piperazine rings is 1. The second-order valence-corrected chi connectivity index (χ2v) is 8.94. The number of methoxy groups -OCH3 is 1. The second kappa shape index (κ2) is 12.1. The number of rotatable bonds is 8. The minimum absolute atomic E-state index is 0.00386. The molecule has 1 heterocycles. The number of nitriles is 1. The lowest BCUT2D eigenvalue weighted by atomic mass is 10.1. The maximum atomic E-state index is 13.1. The van der Waals surface area contributed by atoms with Crippen LogP contribution in [0.25, 0.3) is 6.08 Å². The highest BCUT2D eigenvalue weighted by Gasteiger charge is 2.24. The zero-order chi connectivity index (χ0) is 27.1. The van der Waals surface area contributed by atoms with Crippen molar-refractivity contribution in [3.05, 3.63) is 98.6 Å². The van der Waals surface area contributed by atoms with E-state index in [4.69, 9.17) is 21.1 Å². The SMILES string of the molecule is COc1cc(/C=C(/C#N)C(=O)N2CCN(c3ccccc3)CC2)cc(Cl)c1OCc1ccc([N+](=O)[O-])cc1. The van der Waals surface area contributed by atoms with Crippen LogP contribution in [-0.2, 0) is 11.4 Å². The summed E-state index contributed by atoms with van der Waals surface area (Å²) in [5, 5.41) is 20.8. The molecule has 1 saturated heterocycles. The van der Waals surface area contributed by atoms with Gasteiger partial charge in [-0.1, -0.05) is 29.8 Å². The second-order valence-electron chi connectivity index (χ2n) is 8.53. The van der Waals surface area contributed by atoms with E-state index in [2.05, 4.69) is 4.90 Å². The van der Waals surface area contributed by atoms with Crippen LogP contribution in [0.5, 0.6) is 11.5 Å². The third-order valence-corrected chi connectivity index (χ3v) is 6.41. The number of carbonyl (C=O) groups excluding carboxylic acids is 1. The summed E-state index contributed by atoms with van der Waals surface area (Å²) in [6, 6.07) is 21.2. The monoisotopic (exact) mass is 532 g/mol. The molecule has 1 aliphatic heterocycles. The normalized spacial score (nSPS) is 13.6. The van der Waals surface area contributed by atoms with E-state index in [1.54, 1.807) is 29.2 Å². The van der Waals surface area contributed by atoms with Crippen molar-refractivity contribution in [1.29, 1.82) is 5.26 Å². The molecule has 9 nitrogen and oxygen atoms in total. The van der Waals surface area contributed by atoms with Crippen molar-refractivity contribution in [3.63, 3.8) is 0 Å². The van der Waals surface area contributed by atoms with E-state index >= 15 is 0 Å². The van der Waals surface area contributed by atoms with Crippen LogP contribution >= 0.6 is 11.6 Å². The van der Waals surface area contributed by atoms with Gasteiger partial charge >= 0.3 is 0 Å². The van der Waals surface area contributed by atoms with Crippen LogP contribution in [0.2, 0.25) is 5.02 Å². The van der Waals surface area contributed by atoms with E-state index in [1.807, 2.05) is 36.4 Å². The molecule has 4 rings (SSSR count). The summed E-state index contributed by atoms with van der Waals surface area (Å²) in [5.74, 6) is 0.271. The predicted molar refractivity (Wildman–Crippen MR) is 144 cm³/mol. The third kappa shape index (κ3) is 6.22. The van der Waals surface area contributed by atoms with E-state index < -0.39 is 4.92 Å². The van der Waals surface area contributed by atoms with E-state index in [9.17, 15) is 20.2 Å². The molecule has 38 heavy (non-hydrogen) atoms. The van der Waals surface area contributed by atoms with E-state index in [-0.39, 0.29) is 34.5 Å². The number of nitro benzene ring substituents is 1. The molecule has 0 N–H and O–H groups in total. The molecular weight excluding hydrogens is 508 g/mol. The summed E-state index contributed by atoms with van der Waals surface area (Å²) in [7, 11) is 1.46. The fourth-order valence-corrected chi connectivity index (χ4v) is 4.39. The molecule has 0 spiro atoms. The summed E-state index contributed by atoms with van der Waals surface area (Å²) in [4.78, 5) is 27.3. The number of nitro groups is 1. The first kappa shape index (κ1) is 26.5. The zero-order valence-corrected chi connectivity index (χ0v) is 21.4. The Hall–Kier alpha value is -4.55. The van der Waals surface area contributed by atoms with Gasteiger partial charge in [-0.3, -0.25) is 14.9 Å². The molecule has 0 atom stereocenters. The molecule has 0 aromatic heterocycles. The van der Waals surface area contributed by atoms with Crippen LogP contribution in [0.1, 0.15) is 11.1 Å². The Morgan fingerprint density at radius 3 is 2.39 bits per heavy atom. The number of hydrogen-bond acceptors (Lipinski definition) is 7. The molecular formula is C28H25ClN4O5. The van der Waals surface area contributed by atoms with Crippen molar-refractivity contribution in [3.8, 4) is 17.6 Å². The van der Waals surface area contributed by atoms with Crippen LogP contribution in [0.15, 0.2) is 72.3 Å². The van der Waals surface area contributed by atoms with Crippen molar-refractivity contribution in [2.24, 2.45) is 0 Å². The fraction of sp³-hybridized carbons (Fsp3) is 0.214. The Kier molecular flexibility index (Phi) is 8.46. The molecule has 1 amide bonds. The van der Waals surface area contributed by atoms with Gasteiger partial charge in [0.25, 0.3) is 11.6 Å². The lowest BCUT2D eigenvalue weighted by Gasteiger charge is -2.36. The Labute approximate surface area is 225 Å². The standard InChI is InChI=1S/C28H25ClN4O5/c1-37-26-17-21(16-25(29)27(26)38-19-20-7-9-24(10-8-20)33(35)36)15-22(18-30)28(34)32-13-11-31(12-14-32)23-5-3-2-4-6-23/h2-10,15-17H,11-14,19H2,1H3/b22-15-. The van der Waals surface area contributed by atoms with Gasteiger partial charge in [-0.2, -0.15) is 5.26 Å². The number of amides is 1. The molecule has 0 aliphatic carbocycles. The highest BCUT2D eigenvalue weighted by Crippen LogP contribution is 2.37. The van der Waals surface area contributed by atoms with E-state index in [1.165, 1.54) is 25.3 Å². The summed E-state index contributed by atoms with van der Waals surface area (Å²) < 4.78 is 11.3. The van der Waals surface area contributed by atoms with Gasteiger partial charge in [0.05, 0.1) is 17.1 Å². The maximum absolute atomic E-state index is 13.1. The van der Waals surface area contributed by atoms with Crippen molar-refractivity contribution in [1.82, 2.24) is 4.90 Å². The summed E-state index contributed by atoms with van der Waals surface area (Å²) in [5.41, 5.74) is 2.32. The zero-order valence-electron chi connectivity index (χ0n) is 20.7. The largest absolute Gasteiger partial charge is 0.493 e. The van der Waals surface area contributed by atoms with E-state index in [0.717, 1.165) is 5.69 Å². The first-order valence-electron chi connectivity index (χ1n) is 11.8. The lowest BCUT2D eigenvalue weighted by Crippen LogP contribution is -2.49. The Morgan fingerprint density at radius 2 is 1.79 bits per heavy atom. The van der Waals surface area contributed by atoms with Gasteiger partial charge in [-0.05, 0) is 53.6 Å². The first-order valence-corrected chi connectivity index (χ1v) is 12.2. The summed E-state index contributed by atoms with van der Waals surface area (Å²) >= 11 is 6.47. The van der Waals surface area contributed by atoms with Crippen molar-refractivity contribution < 1.29 is 19.2 Å². The molecule has 10 heteroatoms. The number of hydrogen-bond donors (Lipinski definition) is 0. The van der Waals surface area contributed by atoms with Crippen molar-refractivity contribution >= 4 is 35.0 Å². The van der Waals surface area contributed by atoms with Gasteiger partial charge in [-0.25, -0.2) is 0 Å². The number of para-hydroxylation sites is 1. The smallest absolute Gasteiger partial charge is 0.269 e. The van der Waals surface area contributed by atoms with Crippen LogP contribution in [0, 0.1) is 21.4 Å². The quantitative estimate of drug-likeness (QED) is 0.172. The van der Waals surface area contributed by atoms with Gasteiger partial charge in [0.1, 0.15) is 18.2 Å². The first-order chi connectivity index (χ1) is 18.4. The van der Waals surface area contributed by atoms with Crippen molar-refractivity contribution in [2.75, 3.05) is 38.2 Å². The number of halogens is 1. The van der Waals surface area contributed by atoms with Gasteiger partial charge in [-0.15, -0.1) is 0 Å². The molecule has 0 radical (unpaired) electrons. The van der Waals surface area contributed by atoms with Gasteiger partial charge in [0.15, 0.2) is 11.5 Å². The predicted octanol–water partition coefficient (Wildman–Crippen LogP) is 5.09. The minimum Gasteiger partial charge on any atom is -0.493 e. The fourth-order valence-electron chi connectivity index (χ4n) is 4.12. The average Bonchev–Trinajstić information content (AvgIpc) is 2.95. The van der Waals surface area contributed by atoms with Gasteiger partial charge in [0.2, 0.25) is 0 Å². The highest BCUT2D eigenvalue weighted by atomic mass is 35.5. The minimum atomic E-state index is -0.471. The molecule has 1 aliphatic rings. The van der Waals surface area contributed by atoms with E-state index in [0.29, 0.717) is 43.1 Å². The van der Waals surface area contributed by atoms with Crippen LogP contribution in [0.3, 0.4) is 0 Å². The molecule has 1 fully saturated rings. The molecule has 194 valence electrons. The van der Waals surface area contributed by atoms with Crippen LogP contribution in [-0.4, -0.2) is 49.0 Å². The van der Waals surface area contributed by atoms with Gasteiger partial charge < -0.3 is 19.3 Å². The molecule has 3 aromatic rings. The summed E-state index contributed by atoms with van der Waals surface area (Å²) in [6.07, 6.45) is 1.49. The van der Waals surface area contributed by atoms with Gasteiger partial charge in [0, 0.05) is 44.0 Å². The molecule has 0 unspecified atom stereocenters. The number of nitrogens with zero attached hydrogens (tertiary/aromatic N) is 4. The molecule has 3 aromatic carbocycles. The topological polar surface area (TPSA) is 109 Å². The molecule has 0 bridgehead atoms. The number of non-ortho nitro benzene ring substituents is 1. The highest BCUT2D eigenvalue weighted by molar-refractivity contribution is 6.32. The van der Waals surface area contributed by atoms with Crippen molar-refractivity contribution in [2.45, 2.75) is 6.61 Å². The Balaban J connectivity index is 1.45. The third-order valence-electron chi connectivity index (χ3n) is 6.13. The average molecular weight is 533 g/mol. The van der Waals surface area contributed by atoms with Crippen LogP contribution in [0.4, 0.5) is 11.4 Å². The summed E-state index contributed by atoms with van der Waals surface area (Å²) in [6.45, 7) is 2.47. The number of anilines is 1. The lowest BCUT2D eigenvalue weighted by molar-refractivity contribution is -0.384. The number of ether oxygens (including phenoxy) is 2. The Morgan fingerprint density at radius 1 is 1.11 bits per heavy atom. The Bertz CT molecular complexity index is 1380. The van der Waals surface area contributed by atoms with Crippen LogP contribution < -0.4 is 14.4 Å². The number of benzene rings is 3. The molecule has 0 saturated carbocycles. The maximum Gasteiger partial charge on any atom is 0.269 e.